The summed E-state index contributed by atoms with van der Waals surface area (Å²) >= 11 is 3.40. The summed E-state index contributed by atoms with van der Waals surface area (Å²) in [5, 5.41) is 3.28. The van der Waals surface area contributed by atoms with Crippen LogP contribution in [0.25, 0.3) is 0 Å². The van der Waals surface area contributed by atoms with Gasteiger partial charge >= 0.3 is 0 Å². The average Bonchev–Trinajstić information content (AvgIpc) is 2.41. The Morgan fingerprint density at radius 1 is 1.26 bits per heavy atom. The van der Waals surface area contributed by atoms with Crippen molar-refractivity contribution in [2.24, 2.45) is 0 Å². The van der Waals surface area contributed by atoms with Crippen LogP contribution in [-0.4, -0.2) is 16.5 Å². The first-order valence-corrected chi connectivity index (χ1v) is 7.02. The average molecular weight is 322 g/mol. The van der Waals surface area contributed by atoms with E-state index in [2.05, 4.69) is 38.1 Å². The summed E-state index contributed by atoms with van der Waals surface area (Å²) in [7, 11) is 0. The maximum Gasteiger partial charge on any atom is 0.237 e. The van der Waals surface area contributed by atoms with Crippen LogP contribution in [0.1, 0.15) is 19.0 Å². The van der Waals surface area contributed by atoms with E-state index in [9.17, 15) is 0 Å². The number of benzene rings is 1. The molecule has 4 nitrogen and oxygen atoms in total. The molecule has 0 spiro atoms. The van der Waals surface area contributed by atoms with E-state index in [1.165, 1.54) is 0 Å². The van der Waals surface area contributed by atoms with Crippen molar-refractivity contribution < 1.29 is 4.74 Å². The molecule has 0 aliphatic heterocycles. The lowest BCUT2D eigenvalue weighted by molar-refractivity contribution is 0.458. The SMILES string of the molecule is CCCNCc1cnc(Oc2cccc(Br)c2)cn1. The third kappa shape index (κ3) is 4.61. The van der Waals surface area contributed by atoms with E-state index in [0.29, 0.717) is 5.88 Å². The van der Waals surface area contributed by atoms with Crippen molar-refractivity contribution in [1.29, 1.82) is 0 Å². The highest BCUT2D eigenvalue weighted by atomic mass is 79.9. The fraction of sp³-hybridized carbons (Fsp3) is 0.286. The van der Waals surface area contributed by atoms with Gasteiger partial charge in [-0.25, -0.2) is 4.98 Å². The van der Waals surface area contributed by atoms with E-state index < -0.39 is 0 Å². The number of nitrogens with one attached hydrogen (secondary N) is 1. The molecule has 0 bridgehead atoms. The number of nitrogens with zero attached hydrogens (tertiary/aromatic N) is 2. The molecule has 2 rings (SSSR count). The van der Waals surface area contributed by atoms with Gasteiger partial charge in [-0.2, -0.15) is 0 Å². The zero-order valence-electron chi connectivity index (χ0n) is 10.8. The summed E-state index contributed by atoms with van der Waals surface area (Å²) in [5.74, 6) is 1.23. The summed E-state index contributed by atoms with van der Waals surface area (Å²) in [6, 6.07) is 7.62. The number of hydrogen-bond donors (Lipinski definition) is 1. The van der Waals surface area contributed by atoms with Gasteiger partial charge in [0.2, 0.25) is 5.88 Å². The van der Waals surface area contributed by atoms with Gasteiger partial charge in [0, 0.05) is 11.0 Å². The molecule has 0 aliphatic carbocycles. The molecule has 1 aromatic heterocycles. The Balaban J connectivity index is 1.95. The molecule has 1 aromatic carbocycles. The van der Waals surface area contributed by atoms with E-state index in [0.717, 1.165) is 35.4 Å². The molecule has 1 heterocycles. The van der Waals surface area contributed by atoms with Crippen LogP contribution in [0.5, 0.6) is 11.6 Å². The van der Waals surface area contributed by atoms with E-state index in [1.54, 1.807) is 12.4 Å². The smallest absolute Gasteiger partial charge is 0.237 e. The minimum absolute atomic E-state index is 0.498. The lowest BCUT2D eigenvalue weighted by Crippen LogP contribution is -2.14. The van der Waals surface area contributed by atoms with Gasteiger partial charge in [0.1, 0.15) is 5.75 Å². The number of aromatic nitrogens is 2. The molecule has 100 valence electrons. The molecule has 0 radical (unpaired) electrons. The molecule has 0 fully saturated rings. The second-order valence-corrected chi connectivity index (χ2v) is 5.00. The zero-order valence-corrected chi connectivity index (χ0v) is 12.4. The van der Waals surface area contributed by atoms with Gasteiger partial charge in [-0.3, -0.25) is 4.98 Å². The van der Waals surface area contributed by atoms with Crippen LogP contribution in [0.4, 0.5) is 0 Å². The van der Waals surface area contributed by atoms with Crippen molar-refractivity contribution in [3.05, 3.63) is 46.8 Å². The standard InChI is InChI=1S/C14H16BrN3O/c1-2-6-16-8-12-9-18-14(10-17-12)19-13-5-3-4-11(15)7-13/h3-5,7,9-10,16H,2,6,8H2,1H3. The Hall–Kier alpha value is -1.46. The molecule has 0 amide bonds. The second-order valence-electron chi connectivity index (χ2n) is 4.08. The van der Waals surface area contributed by atoms with Crippen LogP contribution in [0, 0.1) is 0 Å². The van der Waals surface area contributed by atoms with Crippen molar-refractivity contribution in [3.8, 4) is 11.6 Å². The van der Waals surface area contributed by atoms with Crippen molar-refractivity contribution in [2.45, 2.75) is 19.9 Å². The largest absolute Gasteiger partial charge is 0.437 e. The Bertz CT molecular complexity index is 516. The summed E-state index contributed by atoms with van der Waals surface area (Å²) < 4.78 is 6.59. The number of ether oxygens (including phenoxy) is 1. The molecule has 0 unspecified atom stereocenters. The molecule has 0 saturated heterocycles. The normalized spacial score (nSPS) is 10.4. The quantitative estimate of drug-likeness (QED) is 0.827. The second kappa shape index (κ2) is 7.21. The van der Waals surface area contributed by atoms with Gasteiger partial charge in [0.05, 0.1) is 18.1 Å². The Labute approximate surface area is 121 Å². The summed E-state index contributed by atoms with van der Waals surface area (Å²) in [4.78, 5) is 8.55. The first-order chi connectivity index (χ1) is 9.28. The van der Waals surface area contributed by atoms with Gasteiger partial charge in [0.25, 0.3) is 0 Å². The highest BCUT2D eigenvalue weighted by Crippen LogP contribution is 2.22. The van der Waals surface area contributed by atoms with Gasteiger partial charge in [0.15, 0.2) is 0 Å². The van der Waals surface area contributed by atoms with Crippen molar-refractivity contribution in [1.82, 2.24) is 15.3 Å². The molecule has 0 saturated carbocycles. The lowest BCUT2D eigenvalue weighted by atomic mass is 10.3. The lowest BCUT2D eigenvalue weighted by Gasteiger charge is -2.06. The highest BCUT2D eigenvalue weighted by Gasteiger charge is 2.01. The van der Waals surface area contributed by atoms with E-state index in [1.807, 2.05) is 24.3 Å². The summed E-state index contributed by atoms with van der Waals surface area (Å²) in [6.45, 7) is 3.85. The maximum atomic E-state index is 5.62. The predicted octanol–water partition coefficient (Wildman–Crippen LogP) is 3.53. The summed E-state index contributed by atoms with van der Waals surface area (Å²) in [5.41, 5.74) is 0.912. The van der Waals surface area contributed by atoms with Crippen LogP contribution in [0.15, 0.2) is 41.1 Å². The highest BCUT2D eigenvalue weighted by molar-refractivity contribution is 9.10. The predicted molar refractivity (Wildman–Crippen MR) is 78.2 cm³/mol. The first-order valence-electron chi connectivity index (χ1n) is 6.23. The number of hydrogen-bond acceptors (Lipinski definition) is 4. The van der Waals surface area contributed by atoms with Crippen molar-refractivity contribution >= 4 is 15.9 Å². The number of halogens is 1. The van der Waals surface area contributed by atoms with Crippen molar-refractivity contribution in [2.75, 3.05) is 6.54 Å². The van der Waals surface area contributed by atoms with E-state index >= 15 is 0 Å². The summed E-state index contributed by atoms with van der Waals surface area (Å²) in [6.07, 6.45) is 4.48. The van der Waals surface area contributed by atoms with E-state index in [-0.39, 0.29) is 0 Å². The molecule has 2 aromatic rings. The Morgan fingerprint density at radius 3 is 2.84 bits per heavy atom. The topological polar surface area (TPSA) is 47.0 Å². The van der Waals surface area contributed by atoms with Gasteiger partial charge in [-0.15, -0.1) is 0 Å². The minimum atomic E-state index is 0.498. The Morgan fingerprint density at radius 2 is 2.16 bits per heavy atom. The molecule has 19 heavy (non-hydrogen) atoms. The van der Waals surface area contributed by atoms with E-state index in [4.69, 9.17) is 4.74 Å². The molecule has 5 heteroatoms. The maximum absolute atomic E-state index is 5.62. The van der Waals surface area contributed by atoms with Gasteiger partial charge in [-0.05, 0) is 31.2 Å². The fourth-order valence-corrected chi connectivity index (χ4v) is 1.91. The molecule has 1 N–H and O–H groups in total. The number of rotatable bonds is 6. The van der Waals surface area contributed by atoms with Crippen molar-refractivity contribution in [3.63, 3.8) is 0 Å². The molecular weight excluding hydrogens is 306 g/mol. The van der Waals surface area contributed by atoms with Crippen LogP contribution in [0.2, 0.25) is 0 Å². The van der Waals surface area contributed by atoms with Gasteiger partial charge < -0.3 is 10.1 Å². The third-order valence-electron chi connectivity index (χ3n) is 2.43. The zero-order chi connectivity index (χ0) is 13.5. The van der Waals surface area contributed by atoms with Crippen LogP contribution < -0.4 is 10.1 Å². The molecule has 0 aliphatic rings. The molecular formula is C14H16BrN3O. The van der Waals surface area contributed by atoms with Crippen LogP contribution >= 0.6 is 15.9 Å². The Kier molecular flexibility index (Phi) is 5.30. The fourth-order valence-electron chi connectivity index (χ4n) is 1.53. The van der Waals surface area contributed by atoms with Gasteiger partial charge in [-0.1, -0.05) is 28.9 Å². The van der Waals surface area contributed by atoms with Crippen LogP contribution in [-0.2, 0) is 6.54 Å². The first kappa shape index (κ1) is 14.0. The third-order valence-corrected chi connectivity index (χ3v) is 2.93. The van der Waals surface area contributed by atoms with Crippen LogP contribution in [0.3, 0.4) is 0 Å². The molecule has 0 atom stereocenters. The monoisotopic (exact) mass is 321 g/mol. The minimum Gasteiger partial charge on any atom is -0.437 e.